The average Bonchev–Trinajstić information content (AvgIpc) is 3.65. The van der Waals surface area contributed by atoms with Crippen LogP contribution in [-0.2, 0) is 9.59 Å². The number of aryl methyl sites for hydroxylation is 1. The number of pyridine rings is 1. The number of benzene rings is 2. The lowest BCUT2D eigenvalue weighted by molar-refractivity contribution is -0.133. The number of amides is 2. The number of halogens is 1. The number of likely N-dealkylation sites (tertiary alicyclic amines) is 1. The maximum Gasteiger partial charge on any atom is 0.236 e. The van der Waals surface area contributed by atoms with Crippen LogP contribution < -0.4 is 15.5 Å². The third-order valence-electron chi connectivity index (χ3n) is 9.56. The standard InChI is InChI=1S/C35H40FN9O2/c1-24-3-7-28(19-29(24)32(37)30-10-6-26(36)20-40-30)45-14-12-35(34(45)47)11-13-42(22-35)21-31(46)44-17-15-43(16-18-44)27-8-4-25(5-9-27)33(38)41-23-39-2/h3-10,19-20,23,37H,11-18,21-22H2,1-2H3,(H2,38,39,41)/t35-/m0/s1. The van der Waals surface area contributed by atoms with Crippen LogP contribution in [0.1, 0.15) is 35.2 Å². The highest BCUT2D eigenvalue weighted by Crippen LogP contribution is 2.42. The number of aromatic nitrogens is 1. The highest BCUT2D eigenvalue weighted by atomic mass is 19.1. The molecule has 0 aliphatic carbocycles. The van der Waals surface area contributed by atoms with Crippen LogP contribution in [0.4, 0.5) is 15.8 Å². The maximum absolute atomic E-state index is 13.9. The summed E-state index contributed by atoms with van der Waals surface area (Å²) in [6, 6.07) is 16.4. The molecule has 1 spiro atoms. The van der Waals surface area contributed by atoms with E-state index < -0.39 is 11.2 Å². The molecule has 2 aromatic carbocycles. The van der Waals surface area contributed by atoms with Crippen molar-refractivity contribution in [2.24, 2.45) is 21.1 Å². The second kappa shape index (κ2) is 13.4. The van der Waals surface area contributed by atoms with Gasteiger partial charge in [0.25, 0.3) is 0 Å². The molecule has 47 heavy (non-hydrogen) atoms. The average molecular weight is 638 g/mol. The van der Waals surface area contributed by atoms with Crippen LogP contribution in [0.2, 0.25) is 0 Å². The highest BCUT2D eigenvalue weighted by molar-refractivity contribution is 6.11. The lowest BCUT2D eigenvalue weighted by atomic mass is 9.85. The summed E-state index contributed by atoms with van der Waals surface area (Å²) in [4.78, 5) is 47.3. The van der Waals surface area contributed by atoms with E-state index in [2.05, 4.69) is 24.8 Å². The minimum atomic E-state index is -0.514. The van der Waals surface area contributed by atoms with Crippen LogP contribution >= 0.6 is 0 Å². The molecule has 244 valence electrons. The van der Waals surface area contributed by atoms with Gasteiger partial charge in [0.15, 0.2) is 0 Å². The van der Waals surface area contributed by atoms with E-state index in [1.54, 1.807) is 7.05 Å². The largest absolute Gasteiger partial charge is 0.383 e. The number of rotatable bonds is 8. The Morgan fingerprint density at radius 1 is 1.02 bits per heavy atom. The maximum atomic E-state index is 13.9. The number of amidine groups is 1. The van der Waals surface area contributed by atoms with Crippen molar-refractivity contribution in [3.05, 3.63) is 89.0 Å². The van der Waals surface area contributed by atoms with Gasteiger partial charge in [0.05, 0.1) is 29.6 Å². The van der Waals surface area contributed by atoms with Crippen LogP contribution in [0.5, 0.6) is 0 Å². The number of piperazine rings is 1. The van der Waals surface area contributed by atoms with Crippen molar-refractivity contribution in [1.29, 1.82) is 5.41 Å². The molecule has 3 saturated heterocycles. The second-order valence-electron chi connectivity index (χ2n) is 12.5. The second-order valence-corrected chi connectivity index (χ2v) is 12.5. The molecule has 3 N–H and O–H groups in total. The quantitative estimate of drug-likeness (QED) is 0.288. The van der Waals surface area contributed by atoms with Gasteiger partial charge in [-0.15, -0.1) is 0 Å². The van der Waals surface area contributed by atoms with Crippen molar-refractivity contribution < 1.29 is 14.0 Å². The predicted molar refractivity (Wildman–Crippen MR) is 182 cm³/mol. The molecule has 1 atom stereocenters. The molecule has 3 aromatic rings. The molecule has 1 aromatic heterocycles. The summed E-state index contributed by atoms with van der Waals surface area (Å²) in [5, 5.41) is 8.69. The Hall–Kier alpha value is -4.97. The van der Waals surface area contributed by atoms with Gasteiger partial charge in [0.1, 0.15) is 18.0 Å². The molecule has 3 aliphatic heterocycles. The summed E-state index contributed by atoms with van der Waals surface area (Å²) in [7, 11) is 1.64. The molecule has 4 heterocycles. The fourth-order valence-corrected chi connectivity index (χ4v) is 6.79. The molecule has 12 heteroatoms. The smallest absolute Gasteiger partial charge is 0.236 e. The summed E-state index contributed by atoms with van der Waals surface area (Å²) in [6.07, 6.45) is 3.96. The first-order valence-corrected chi connectivity index (χ1v) is 15.9. The summed E-state index contributed by atoms with van der Waals surface area (Å²) in [6.45, 7) is 6.82. The van der Waals surface area contributed by atoms with Crippen molar-refractivity contribution in [3.63, 3.8) is 0 Å². The lowest BCUT2D eigenvalue weighted by Crippen LogP contribution is -2.51. The minimum absolute atomic E-state index is 0.0693. The summed E-state index contributed by atoms with van der Waals surface area (Å²) >= 11 is 0. The molecular formula is C35H40FN9O2. The first-order valence-electron chi connectivity index (χ1n) is 15.9. The van der Waals surface area contributed by atoms with Crippen molar-refractivity contribution in [1.82, 2.24) is 14.8 Å². The van der Waals surface area contributed by atoms with Gasteiger partial charge < -0.3 is 20.4 Å². The van der Waals surface area contributed by atoms with E-state index in [0.29, 0.717) is 62.8 Å². The molecule has 0 radical (unpaired) electrons. The van der Waals surface area contributed by atoms with E-state index in [4.69, 9.17) is 11.1 Å². The van der Waals surface area contributed by atoms with E-state index in [9.17, 15) is 14.0 Å². The zero-order valence-corrected chi connectivity index (χ0v) is 26.8. The Morgan fingerprint density at radius 2 is 1.74 bits per heavy atom. The molecule has 0 bridgehead atoms. The number of hydrogen-bond acceptors (Lipinski definition) is 7. The molecule has 11 nitrogen and oxygen atoms in total. The topological polar surface area (TPSA) is 135 Å². The zero-order valence-electron chi connectivity index (χ0n) is 26.8. The van der Waals surface area contributed by atoms with Gasteiger partial charge in [-0.3, -0.25) is 29.9 Å². The normalized spacial score (nSPS) is 20.6. The van der Waals surface area contributed by atoms with Crippen LogP contribution in [0.15, 0.2) is 70.8 Å². The number of anilines is 2. The van der Waals surface area contributed by atoms with E-state index in [1.165, 1.54) is 18.5 Å². The van der Waals surface area contributed by atoms with Crippen molar-refractivity contribution in [2.45, 2.75) is 19.8 Å². The van der Waals surface area contributed by atoms with E-state index in [1.807, 2.05) is 59.2 Å². The molecule has 6 rings (SSSR count). The van der Waals surface area contributed by atoms with Crippen molar-refractivity contribution in [3.8, 4) is 0 Å². The summed E-state index contributed by atoms with van der Waals surface area (Å²) in [5.41, 5.74) is 10.2. The Kier molecular flexibility index (Phi) is 9.12. The molecular weight excluding hydrogens is 597 g/mol. The fourth-order valence-electron chi connectivity index (χ4n) is 6.79. The number of hydrogen-bond donors (Lipinski definition) is 2. The zero-order chi connectivity index (χ0) is 33.1. The number of carbonyl (C=O) groups excluding carboxylic acids is 2. The fraction of sp³-hybridized carbons (Fsp3) is 0.371. The van der Waals surface area contributed by atoms with Gasteiger partial charge in [-0.1, -0.05) is 6.07 Å². The van der Waals surface area contributed by atoms with Crippen LogP contribution in [0, 0.1) is 23.6 Å². The minimum Gasteiger partial charge on any atom is -0.383 e. The Morgan fingerprint density at radius 3 is 2.45 bits per heavy atom. The number of aliphatic imine (C=N–C) groups is 2. The third kappa shape index (κ3) is 6.64. The predicted octanol–water partition coefficient (Wildman–Crippen LogP) is 3.09. The Labute approximate surface area is 274 Å². The number of nitrogens with zero attached hydrogens (tertiary/aromatic N) is 7. The SMILES string of the molecule is CN=CN=C(N)c1ccc(N2CCN(C(=O)CN3CC[C@]4(CCN(c5ccc(C)c(C(=N)c6ccc(F)cn6)c5)C4=O)C3)CC2)cc1. The van der Waals surface area contributed by atoms with Gasteiger partial charge in [-0.25, -0.2) is 9.38 Å². The van der Waals surface area contributed by atoms with Crippen LogP contribution in [0.3, 0.4) is 0 Å². The van der Waals surface area contributed by atoms with Gasteiger partial charge in [0.2, 0.25) is 11.8 Å². The van der Waals surface area contributed by atoms with Crippen LogP contribution in [0.25, 0.3) is 0 Å². The van der Waals surface area contributed by atoms with Crippen molar-refractivity contribution >= 4 is 41.1 Å². The van der Waals surface area contributed by atoms with E-state index >= 15 is 0 Å². The molecule has 0 unspecified atom stereocenters. The van der Waals surface area contributed by atoms with Gasteiger partial charge in [-0.05, 0) is 80.4 Å². The summed E-state index contributed by atoms with van der Waals surface area (Å²) in [5.74, 6) is 0.122. The van der Waals surface area contributed by atoms with Crippen LogP contribution in [-0.4, -0.2) is 104 Å². The van der Waals surface area contributed by atoms with Crippen molar-refractivity contribution in [2.75, 3.05) is 69.2 Å². The number of carbonyl (C=O) groups is 2. The molecule has 0 saturated carbocycles. The first-order chi connectivity index (χ1) is 22.7. The van der Waals surface area contributed by atoms with Gasteiger partial charge >= 0.3 is 0 Å². The van der Waals surface area contributed by atoms with Gasteiger partial charge in [-0.2, -0.15) is 0 Å². The van der Waals surface area contributed by atoms with Gasteiger partial charge in [0, 0.05) is 68.8 Å². The molecule has 3 fully saturated rings. The molecule has 3 aliphatic rings. The third-order valence-corrected chi connectivity index (χ3v) is 9.56. The Bertz CT molecular complexity index is 1720. The van der Waals surface area contributed by atoms with E-state index in [0.717, 1.165) is 48.2 Å². The monoisotopic (exact) mass is 637 g/mol. The lowest BCUT2D eigenvalue weighted by Gasteiger charge is -2.37. The first kappa shape index (κ1) is 32.0. The molecule has 2 amide bonds. The van der Waals surface area contributed by atoms with E-state index in [-0.39, 0.29) is 17.5 Å². The Balaban J connectivity index is 1.03. The highest BCUT2D eigenvalue weighted by Gasteiger charge is 2.51. The number of nitrogens with two attached hydrogens (primary N) is 1. The summed E-state index contributed by atoms with van der Waals surface area (Å²) < 4.78 is 13.4. The number of nitrogens with one attached hydrogen (secondary N) is 1.